The van der Waals surface area contributed by atoms with E-state index in [0.29, 0.717) is 0 Å². The Labute approximate surface area is 123 Å². The maximum Gasteiger partial charge on any atom is 0.227 e. The van der Waals surface area contributed by atoms with Crippen molar-refractivity contribution in [2.75, 3.05) is 17.2 Å². The van der Waals surface area contributed by atoms with Gasteiger partial charge in [0, 0.05) is 23.8 Å². The van der Waals surface area contributed by atoms with Crippen LogP contribution in [0.25, 0.3) is 0 Å². The summed E-state index contributed by atoms with van der Waals surface area (Å²) in [5.74, 6) is 0.237. The second-order valence-electron chi connectivity index (χ2n) is 5.21. The predicted octanol–water partition coefficient (Wildman–Crippen LogP) is 4.66. The minimum Gasteiger partial charge on any atom is -0.385 e. The molecule has 2 N–H and O–H groups in total. The fourth-order valence-corrected chi connectivity index (χ4v) is 2.18. The van der Waals surface area contributed by atoms with E-state index in [2.05, 4.69) is 31.4 Å². The van der Waals surface area contributed by atoms with E-state index in [1.165, 1.54) is 19.3 Å². The first kappa shape index (κ1) is 16.5. The fourth-order valence-electron chi connectivity index (χ4n) is 2.18. The van der Waals surface area contributed by atoms with E-state index in [0.717, 1.165) is 30.8 Å². The van der Waals surface area contributed by atoms with Gasteiger partial charge in [-0.05, 0) is 43.5 Å². The molecule has 20 heavy (non-hydrogen) atoms. The molecule has 0 heterocycles. The van der Waals surface area contributed by atoms with Crippen LogP contribution in [0.2, 0.25) is 0 Å². The first-order chi connectivity index (χ1) is 9.71. The largest absolute Gasteiger partial charge is 0.385 e. The number of amides is 1. The van der Waals surface area contributed by atoms with Crippen molar-refractivity contribution in [2.24, 2.45) is 5.92 Å². The Morgan fingerprint density at radius 1 is 1.00 bits per heavy atom. The summed E-state index contributed by atoms with van der Waals surface area (Å²) in [5, 5.41) is 6.37. The van der Waals surface area contributed by atoms with Gasteiger partial charge >= 0.3 is 0 Å². The molecule has 1 aromatic carbocycles. The van der Waals surface area contributed by atoms with Crippen LogP contribution in [0.4, 0.5) is 11.4 Å². The van der Waals surface area contributed by atoms with Crippen LogP contribution in [0.15, 0.2) is 24.3 Å². The molecule has 0 saturated heterocycles. The molecule has 112 valence electrons. The smallest absolute Gasteiger partial charge is 0.227 e. The van der Waals surface area contributed by atoms with Crippen LogP contribution in [-0.2, 0) is 4.79 Å². The van der Waals surface area contributed by atoms with E-state index in [9.17, 15) is 4.79 Å². The second-order valence-corrected chi connectivity index (χ2v) is 5.21. The summed E-state index contributed by atoms with van der Waals surface area (Å²) >= 11 is 0. The molecule has 0 spiro atoms. The molecule has 1 amide bonds. The summed E-state index contributed by atoms with van der Waals surface area (Å²) in [6, 6.07) is 7.97. The van der Waals surface area contributed by atoms with Crippen molar-refractivity contribution in [3.05, 3.63) is 24.3 Å². The first-order valence-corrected chi connectivity index (χ1v) is 7.86. The van der Waals surface area contributed by atoms with Gasteiger partial charge in [0.1, 0.15) is 0 Å². The number of carbonyl (C=O) groups is 1. The van der Waals surface area contributed by atoms with Crippen molar-refractivity contribution >= 4 is 17.3 Å². The van der Waals surface area contributed by atoms with Crippen molar-refractivity contribution in [2.45, 2.75) is 52.9 Å². The van der Waals surface area contributed by atoms with E-state index in [4.69, 9.17) is 0 Å². The molecule has 0 atom stereocenters. The predicted molar refractivity (Wildman–Crippen MR) is 87.2 cm³/mol. The Morgan fingerprint density at radius 3 is 2.15 bits per heavy atom. The zero-order valence-corrected chi connectivity index (χ0v) is 13.0. The van der Waals surface area contributed by atoms with Crippen molar-refractivity contribution < 1.29 is 4.79 Å². The number of hydrogen-bond donors (Lipinski definition) is 2. The molecule has 3 nitrogen and oxygen atoms in total. The van der Waals surface area contributed by atoms with Crippen molar-refractivity contribution in [1.29, 1.82) is 0 Å². The summed E-state index contributed by atoms with van der Waals surface area (Å²) < 4.78 is 0. The van der Waals surface area contributed by atoms with Gasteiger partial charge in [0.2, 0.25) is 5.91 Å². The van der Waals surface area contributed by atoms with Gasteiger partial charge in [-0.15, -0.1) is 0 Å². The van der Waals surface area contributed by atoms with Crippen LogP contribution < -0.4 is 10.6 Å². The lowest BCUT2D eigenvalue weighted by atomic mass is 10.0. The van der Waals surface area contributed by atoms with E-state index < -0.39 is 0 Å². The highest BCUT2D eigenvalue weighted by Gasteiger charge is 2.13. The van der Waals surface area contributed by atoms with Gasteiger partial charge < -0.3 is 10.6 Å². The van der Waals surface area contributed by atoms with Gasteiger partial charge in [-0.3, -0.25) is 4.79 Å². The molecule has 0 radical (unpaired) electrons. The fraction of sp³-hybridized carbons (Fsp3) is 0.588. The lowest BCUT2D eigenvalue weighted by Gasteiger charge is -2.13. The number of benzene rings is 1. The van der Waals surface area contributed by atoms with Crippen LogP contribution in [0.1, 0.15) is 52.9 Å². The topological polar surface area (TPSA) is 41.1 Å². The third-order valence-corrected chi connectivity index (χ3v) is 3.62. The van der Waals surface area contributed by atoms with E-state index in [1.807, 2.05) is 24.3 Å². The monoisotopic (exact) mass is 276 g/mol. The molecule has 0 unspecified atom stereocenters. The summed E-state index contributed by atoms with van der Waals surface area (Å²) in [5.41, 5.74) is 1.99. The zero-order chi connectivity index (χ0) is 14.8. The zero-order valence-electron chi connectivity index (χ0n) is 13.0. The quantitative estimate of drug-likeness (QED) is 0.644. The van der Waals surface area contributed by atoms with Gasteiger partial charge in [-0.2, -0.15) is 0 Å². The lowest BCUT2D eigenvalue weighted by molar-refractivity contribution is -0.120. The highest BCUT2D eigenvalue weighted by molar-refractivity contribution is 5.92. The number of unbranched alkanes of at least 4 members (excludes halogenated alkanes) is 2. The Bertz CT molecular complexity index is 382. The Balaban J connectivity index is 2.44. The molecule has 3 heteroatoms. The normalized spacial score (nSPS) is 10.6. The third kappa shape index (κ3) is 5.64. The van der Waals surface area contributed by atoms with Gasteiger partial charge in [0.15, 0.2) is 0 Å². The summed E-state index contributed by atoms with van der Waals surface area (Å²) in [6.45, 7) is 7.32. The number of carbonyl (C=O) groups excluding carboxylic acids is 1. The van der Waals surface area contributed by atoms with Crippen LogP contribution in [-0.4, -0.2) is 12.5 Å². The van der Waals surface area contributed by atoms with E-state index in [1.54, 1.807) is 0 Å². The third-order valence-electron chi connectivity index (χ3n) is 3.62. The molecule has 0 aromatic heterocycles. The van der Waals surface area contributed by atoms with E-state index in [-0.39, 0.29) is 11.8 Å². The Kier molecular flexibility index (Phi) is 7.78. The number of anilines is 2. The molecular formula is C17H28N2O. The van der Waals surface area contributed by atoms with Gasteiger partial charge in [-0.1, -0.05) is 33.6 Å². The molecule has 1 aromatic rings. The summed E-state index contributed by atoms with van der Waals surface area (Å²) in [6.07, 6.45) is 5.47. The maximum absolute atomic E-state index is 12.0. The molecule has 0 aliphatic heterocycles. The molecule has 1 rings (SSSR count). The van der Waals surface area contributed by atoms with Gasteiger partial charge in [0.25, 0.3) is 0 Å². The van der Waals surface area contributed by atoms with Crippen LogP contribution in [0, 0.1) is 5.92 Å². The number of nitrogens with one attached hydrogen (secondary N) is 2. The molecule has 0 aliphatic carbocycles. The second kappa shape index (κ2) is 9.40. The standard InChI is InChI=1S/C17H28N2O/c1-4-7-8-13-18-15-9-11-16(12-10-15)19-17(20)14(5-2)6-3/h9-12,14,18H,4-8,13H2,1-3H3,(H,19,20). The summed E-state index contributed by atoms with van der Waals surface area (Å²) in [4.78, 5) is 12.0. The SMILES string of the molecule is CCCCCNc1ccc(NC(=O)C(CC)CC)cc1. The maximum atomic E-state index is 12.0. The highest BCUT2D eigenvalue weighted by atomic mass is 16.1. The number of hydrogen-bond acceptors (Lipinski definition) is 2. The molecule has 0 fully saturated rings. The average molecular weight is 276 g/mol. The molecule has 0 saturated carbocycles. The highest BCUT2D eigenvalue weighted by Crippen LogP contribution is 2.16. The van der Waals surface area contributed by atoms with E-state index >= 15 is 0 Å². The Morgan fingerprint density at radius 2 is 1.60 bits per heavy atom. The van der Waals surface area contributed by atoms with Crippen LogP contribution in [0.5, 0.6) is 0 Å². The van der Waals surface area contributed by atoms with Crippen molar-refractivity contribution in [3.63, 3.8) is 0 Å². The molecular weight excluding hydrogens is 248 g/mol. The molecule has 0 bridgehead atoms. The molecule has 0 aliphatic rings. The average Bonchev–Trinajstić information content (AvgIpc) is 2.46. The van der Waals surface area contributed by atoms with Gasteiger partial charge in [0.05, 0.1) is 0 Å². The lowest BCUT2D eigenvalue weighted by Crippen LogP contribution is -2.21. The minimum absolute atomic E-state index is 0.113. The summed E-state index contributed by atoms with van der Waals surface area (Å²) in [7, 11) is 0. The van der Waals surface area contributed by atoms with Gasteiger partial charge in [-0.25, -0.2) is 0 Å². The van der Waals surface area contributed by atoms with Crippen molar-refractivity contribution in [1.82, 2.24) is 0 Å². The number of rotatable bonds is 9. The van der Waals surface area contributed by atoms with Crippen LogP contribution in [0.3, 0.4) is 0 Å². The van der Waals surface area contributed by atoms with Crippen molar-refractivity contribution in [3.8, 4) is 0 Å². The minimum atomic E-state index is 0.113. The first-order valence-electron chi connectivity index (χ1n) is 7.86. The van der Waals surface area contributed by atoms with Crippen LogP contribution >= 0.6 is 0 Å². The Hall–Kier alpha value is -1.51.